The van der Waals surface area contributed by atoms with E-state index in [1.54, 1.807) is 24.3 Å². The maximum atomic E-state index is 13.3. The third-order valence-corrected chi connectivity index (χ3v) is 4.01. The number of amides is 1. The second kappa shape index (κ2) is 9.75. The van der Waals surface area contributed by atoms with Crippen LogP contribution in [0.25, 0.3) is 10.8 Å². The number of carbonyl (C=O) groups excluding carboxylic acids is 1. The van der Waals surface area contributed by atoms with E-state index in [-0.39, 0.29) is 5.75 Å². The molecule has 0 saturated heterocycles. The Kier molecular flexibility index (Phi) is 7.40. The summed E-state index contributed by atoms with van der Waals surface area (Å²) >= 11 is 0. The van der Waals surface area contributed by atoms with Crippen LogP contribution in [-0.4, -0.2) is 20.7 Å². The molecule has 3 aromatic rings. The van der Waals surface area contributed by atoms with Crippen LogP contribution in [0.15, 0.2) is 65.0 Å². The van der Waals surface area contributed by atoms with Gasteiger partial charge in [0.05, 0.1) is 0 Å². The second-order valence-electron chi connectivity index (χ2n) is 6.25. The molecule has 3 aromatic carbocycles. The smallest absolute Gasteiger partial charge is 0.334 e. The first-order valence-corrected chi connectivity index (χ1v) is 9.47. The Hall–Kier alpha value is -3.06. The number of nitrogens with zero attached hydrogens (tertiary/aromatic N) is 1. The molecule has 5 nitrogen and oxygen atoms in total. The van der Waals surface area contributed by atoms with E-state index in [1.807, 2.05) is 12.1 Å². The molecule has 1 unspecified atom stereocenters. The summed E-state index contributed by atoms with van der Waals surface area (Å²) in [7, 11) is -2.99. The lowest BCUT2D eigenvalue weighted by molar-refractivity contribution is -0.131. The highest BCUT2D eigenvalue weighted by molar-refractivity contribution is 7.62. The Morgan fingerprint density at radius 2 is 1.43 bits per heavy atom. The van der Waals surface area contributed by atoms with Gasteiger partial charge < -0.3 is 4.74 Å². The average molecular weight is 401 g/mol. The minimum absolute atomic E-state index is 0.117. The van der Waals surface area contributed by atoms with Crippen molar-refractivity contribution < 1.29 is 22.3 Å². The zero-order valence-corrected chi connectivity index (χ0v) is 16.5. The summed E-state index contributed by atoms with van der Waals surface area (Å²) in [6, 6.07) is 18.6. The molecule has 0 fully saturated rings. The molecule has 0 spiro atoms. The van der Waals surface area contributed by atoms with Gasteiger partial charge in [0, 0.05) is 0 Å². The van der Waals surface area contributed by atoms with Crippen LogP contribution >= 0.6 is 0 Å². The van der Waals surface area contributed by atoms with Crippen LogP contribution in [0.3, 0.4) is 0 Å². The summed E-state index contributed by atoms with van der Waals surface area (Å²) in [6.07, 6.45) is -2.45. The predicted octanol–water partition coefficient (Wildman–Crippen LogP) is 4.72. The first-order chi connectivity index (χ1) is 13.2. The van der Waals surface area contributed by atoms with Crippen molar-refractivity contribution in [3.05, 3.63) is 77.4 Å². The maximum absolute atomic E-state index is 13.3. The van der Waals surface area contributed by atoms with Crippen molar-refractivity contribution in [2.24, 2.45) is 4.36 Å². The van der Waals surface area contributed by atoms with E-state index in [0.717, 1.165) is 10.8 Å². The summed E-state index contributed by atoms with van der Waals surface area (Å²) in [5, 5.41) is 1.74. The Balaban J connectivity index is 0.000000261. The number of carbonyl (C=O) groups is 1. The Bertz CT molecular complexity index is 1070. The third kappa shape index (κ3) is 6.59. The van der Waals surface area contributed by atoms with Crippen molar-refractivity contribution in [1.82, 2.24) is 0 Å². The highest BCUT2D eigenvalue weighted by Crippen LogP contribution is 2.21. The summed E-state index contributed by atoms with van der Waals surface area (Å²) < 4.78 is 40.8. The molecular formula is C21H20FNO4S. The van der Waals surface area contributed by atoms with Gasteiger partial charge in [0.1, 0.15) is 5.75 Å². The Labute approximate surface area is 164 Å². The van der Waals surface area contributed by atoms with Crippen molar-refractivity contribution in [2.45, 2.75) is 27.1 Å². The van der Waals surface area contributed by atoms with E-state index in [0.29, 0.717) is 0 Å². The molecule has 0 N–H and O–H groups in total. The van der Waals surface area contributed by atoms with Crippen LogP contribution in [0.2, 0.25) is 0 Å². The Morgan fingerprint density at radius 1 is 0.893 bits per heavy atom. The second-order valence-corrected chi connectivity index (χ2v) is 6.87. The molecule has 0 aliphatic rings. The summed E-state index contributed by atoms with van der Waals surface area (Å²) in [5.74, 6) is -1.38. The molecule has 1 atom stereocenters. The molecule has 7 heteroatoms. The molecule has 0 bridgehead atoms. The van der Waals surface area contributed by atoms with E-state index < -0.39 is 22.8 Å². The van der Waals surface area contributed by atoms with Gasteiger partial charge in [-0.3, -0.25) is 4.79 Å². The molecule has 0 aliphatic heterocycles. The van der Waals surface area contributed by atoms with Crippen LogP contribution in [0.5, 0.6) is 5.75 Å². The lowest BCUT2D eigenvalue weighted by atomic mass is 10.1. The van der Waals surface area contributed by atoms with E-state index in [1.165, 1.54) is 22.8 Å². The molecule has 3 rings (SSSR count). The van der Waals surface area contributed by atoms with E-state index in [9.17, 15) is 17.6 Å². The normalized spacial score (nSPS) is 11.1. The van der Waals surface area contributed by atoms with Crippen molar-refractivity contribution in [3.63, 3.8) is 0 Å². The van der Waals surface area contributed by atoms with Gasteiger partial charge in [-0.05, 0) is 43.7 Å². The van der Waals surface area contributed by atoms with Gasteiger partial charge in [-0.15, -0.1) is 0 Å². The van der Waals surface area contributed by atoms with E-state index in [2.05, 4.69) is 43.3 Å². The fraction of sp³-hybridized carbons (Fsp3) is 0.190. The van der Waals surface area contributed by atoms with Gasteiger partial charge in [0.2, 0.25) is 0 Å². The molecule has 0 radical (unpaired) electrons. The number of ether oxygens (including phenoxy) is 1. The van der Waals surface area contributed by atoms with Crippen LogP contribution in [-0.2, 0) is 15.3 Å². The molecule has 0 aliphatic carbocycles. The number of halogens is 1. The number of alkyl halides is 1. The first-order valence-electron chi connectivity index (χ1n) is 8.44. The van der Waals surface area contributed by atoms with E-state index in [4.69, 9.17) is 4.74 Å². The number of fused-ring (bicyclic) bond motifs is 1. The van der Waals surface area contributed by atoms with Gasteiger partial charge in [0.15, 0.2) is 0 Å². The third-order valence-electron chi connectivity index (χ3n) is 3.69. The van der Waals surface area contributed by atoms with Crippen molar-refractivity contribution in [3.8, 4) is 5.75 Å². The number of benzene rings is 3. The lowest BCUT2D eigenvalue weighted by Crippen LogP contribution is -2.20. The maximum Gasteiger partial charge on any atom is 0.334 e. The van der Waals surface area contributed by atoms with Crippen LogP contribution < -0.4 is 4.74 Å². The summed E-state index contributed by atoms with van der Waals surface area (Å²) in [5.41, 5.74) is 4.06. The van der Waals surface area contributed by atoms with Gasteiger partial charge in [-0.1, -0.05) is 69.6 Å². The SMILES string of the molecule is Cc1cc(C)cc(C)c1.O=C(N=S(=O)=O)C(F)Oc1ccc2ccccc2c1. The fourth-order valence-corrected chi connectivity index (χ4v) is 2.96. The van der Waals surface area contributed by atoms with E-state index >= 15 is 0 Å². The number of rotatable bonds is 3. The monoisotopic (exact) mass is 401 g/mol. The molecule has 146 valence electrons. The average Bonchev–Trinajstić information content (AvgIpc) is 2.60. The zero-order valence-electron chi connectivity index (χ0n) is 15.7. The summed E-state index contributed by atoms with van der Waals surface area (Å²) in [4.78, 5) is 11.0. The minimum atomic E-state index is -2.99. The topological polar surface area (TPSA) is 72.8 Å². The Morgan fingerprint density at radius 3 is 1.96 bits per heavy atom. The van der Waals surface area contributed by atoms with Crippen LogP contribution in [0.4, 0.5) is 4.39 Å². The first kappa shape index (κ1) is 21.2. The largest absolute Gasteiger partial charge is 0.452 e. The van der Waals surface area contributed by atoms with Crippen molar-refractivity contribution in [1.29, 1.82) is 0 Å². The fourth-order valence-electron chi connectivity index (χ4n) is 2.73. The molecule has 0 heterocycles. The highest BCUT2D eigenvalue weighted by atomic mass is 32.2. The minimum Gasteiger partial charge on any atom is -0.452 e. The number of hydrogen-bond acceptors (Lipinski definition) is 4. The number of hydrogen-bond donors (Lipinski definition) is 0. The molecular weight excluding hydrogens is 381 g/mol. The van der Waals surface area contributed by atoms with Crippen LogP contribution in [0.1, 0.15) is 16.7 Å². The quantitative estimate of drug-likeness (QED) is 0.637. The van der Waals surface area contributed by atoms with Gasteiger partial charge in [-0.2, -0.15) is 12.8 Å². The highest BCUT2D eigenvalue weighted by Gasteiger charge is 2.19. The summed E-state index contributed by atoms with van der Waals surface area (Å²) in [6.45, 7) is 6.38. The predicted molar refractivity (Wildman–Crippen MR) is 106 cm³/mol. The standard InChI is InChI=1S/C12H8FNO4S.C9H12/c13-11(12(15)14-19(16)17)18-10-6-5-8-3-1-2-4-9(8)7-10;1-7-4-8(2)6-9(3)5-7/h1-7,11H;4-6H,1-3H3. The van der Waals surface area contributed by atoms with Crippen molar-refractivity contribution >= 4 is 27.2 Å². The van der Waals surface area contributed by atoms with Crippen molar-refractivity contribution in [2.75, 3.05) is 0 Å². The van der Waals surface area contributed by atoms with Gasteiger partial charge >= 0.3 is 22.8 Å². The van der Waals surface area contributed by atoms with Gasteiger partial charge in [-0.25, -0.2) is 0 Å². The molecule has 28 heavy (non-hydrogen) atoms. The van der Waals surface area contributed by atoms with Crippen LogP contribution in [0, 0.1) is 20.8 Å². The molecule has 1 amide bonds. The molecule has 0 aromatic heterocycles. The lowest BCUT2D eigenvalue weighted by Gasteiger charge is -2.08. The molecule has 0 saturated carbocycles. The number of aryl methyl sites for hydroxylation is 3. The van der Waals surface area contributed by atoms with Gasteiger partial charge in [0.25, 0.3) is 0 Å². The zero-order chi connectivity index (χ0) is 20.7.